The second kappa shape index (κ2) is 5.88. The smallest absolute Gasteiger partial charge is 0.257 e. The van der Waals surface area contributed by atoms with Crippen LogP contribution in [0.4, 0.5) is 0 Å². The molecule has 0 heterocycles. The maximum absolute atomic E-state index is 12.3. The van der Waals surface area contributed by atoms with E-state index in [0.29, 0.717) is 23.3 Å². The molecule has 0 saturated carbocycles. The fraction of sp³-hybridized carbons (Fsp3) is 0.200. The molecule has 0 radical (unpaired) electrons. The summed E-state index contributed by atoms with van der Waals surface area (Å²) in [5.41, 5.74) is 5.71. The van der Waals surface area contributed by atoms with Gasteiger partial charge in [0, 0.05) is 25.4 Å². The number of fused-ring (bicyclic) bond motifs is 1. The molecular weight excluding hydrogens is 272 g/mol. The van der Waals surface area contributed by atoms with Crippen LogP contribution in [0.25, 0.3) is 10.8 Å². The lowest BCUT2D eigenvalue weighted by Gasteiger charge is -2.18. The van der Waals surface area contributed by atoms with Crippen molar-refractivity contribution in [3.8, 4) is 5.75 Å². The number of carbonyl (C=O) groups is 1. The molecule has 0 aliphatic carbocycles. The third-order valence-corrected chi connectivity index (χ3v) is 3.38. The minimum absolute atomic E-state index is 0.00951. The first-order valence-corrected chi connectivity index (χ1v) is 6.66. The molecule has 0 saturated heterocycles. The lowest BCUT2D eigenvalue weighted by Crippen LogP contribution is -2.30. The highest BCUT2D eigenvalue weighted by Crippen LogP contribution is 2.29. The molecule has 0 aromatic heterocycles. The molecule has 20 heavy (non-hydrogen) atoms. The zero-order chi connectivity index (χ0) is 14.7. The molecule has 2 aromatic rings. The second-order valence-corrected chi connectivity index (χ2v) is 5.15. The summed E-state index contributed by atoms with van der Waals surface area (Å²) in [7, 11) is 1.66. The van der Waals surface area contributed by atoms with Gasteiger partial charge in [0.2, 0.25) is 0 Å². The average Bonchev–Trinajstić information content (AvgIpc) is 2.44. The number of aromatic hydroxyl groups is 1. The maximum atomic E-state index is 12.3. The van der Waals surface area contributed by atoms with E-state index in [4.69, 9.17) is 18.0 Å². The Bertz CT molecular complexity index is 670. The van der Waals surface area contributed by atoms with Gasteiger partial charge in [-0.15, -0.1) is 0 Å². The molecule has 0 fully saturated rings. The molecule has 5 heteroatoms. The van der Waals surface area contributed by atoms with Crippen molar-refractivity contribution < 1.29 is 9.90 Å². The second-order valence-electron chi connectivity index (χ2n) is 4.63. The highest BCUT2D eigenvalue weighted by atomic mass is 32.1. The third-order valence-electron chi connectivity index (χ3n) is 3.17. The van der Waals surface area contributed by atoms with Crippen LogP contribution in [0.1, 0.15) is 16.8 Å². The standard InChI is InChI=1S/C15H16N2O2S/c1-17(9-8-13(16)20)15(19)12-7-6-10-4-2-3-5-11(10)14(12)18/h2-7,18H,8-9H2,1H3,(H2,16,20). The van der Waals surface area contributed by atoms with Crippen LogP contribution < -0.4 is 5.73 Å². The normalized spacial score (nSPS) is 10.4. The van der Waals surface area contributed by atoms with Crippen molar-refractivity contribution in [3.05, 3.63) is 42.0 Å². The van der Waals surface area contributed by atoms with E-state index in [1.54, 1.807) is 19.2 Å². The first kappa shape index (κ1) is 14.3. The van der Waals surface area contributed by atoms with Crippen LogP contribution in [0, 0.1) is 0 Å². The van der Waals surface area contributed by atoms with Crippen molar-refractivity contribution in [2.75, 3.05) is 13.6 Å². The van der Waals surface area contributed by atoms with E-state index in [9.17, 15) is 9.90 Å². The zero-order valence-electron chi connectivity index (χ0n) is 11.2. The quantitative estimate of drug-likeness (QED) is 0.847. The van der Waals surface area contributed by atoms with Crippen molar-refractivity contribution in [1.29, 1.82) is 0 Å². The molecule has 3 N–H and O–H groups in total. The van der Waals surface area contributed by atoms with Crippen molar-refractivity contribution in [2.24, 2.45) is 5.73 Å². The Morgan fingerprint density at radius 3 is 2.70 bits per heavy atom. The van der Waals surface area contributed by atoms with Crippen molar-refractivity contribution in [2.45, 2.75) is 6.42 Å². The van der Waals surface area contributed by atoms with Gasteiger partial charge in [-0.1, -0.05) is 42.5 Å². The van der Waals surface area contributed by atoms with Crippen LogP contribution in [0.3, 0.4) is 0 Å². The number of nitrogens with two attached hydrogens (primary N) is 1. The molecule has 4 nitrogen and oxygen atoms in total. The number of phenolic OH excluding ortho intramolecular Hbond substituents is 1. The van der Waals surface area contributed by atoms with Crippen molar-refractivity contribution >= 4 is 33.9 Å². The minimum atomic E-state index is -0.246. The van der Waals surface area contributed by atoms with Gasteiger partial charge in [0.1, 0.15) is 5.75 Å². The van der Waals surface area contributed by atoms with Crippen molar-refractivity contribution in [1.82, 2.24) is 4.90 Å². The summed E-state index contributed by atoms with van der Waals surface area (Å²) in [6.07, 6.45) is 0.464. The summed E-state index contributed by atoms with van der Waals surface area (Å²) >= 11 is 4.80. The highest BCUT2D eigenvalue weighted by molar-refractivity contribution is 7.80. The van der Waals surface area contributed by atoms with E-state index in [1.165, 1.54) is 4.90 Å². The largest absolute Gasteiger partial charge is 0.506 e. The Morgan fingerprint density at radius 2 is 2.00 bits per heavy atom. The molecule has 0 unspecified atom stereocenters. The number of nitrogens with zero attached hydrogens (tertiary/aromatic N) is 1. The topological polar surface area (TPSA) is 66.6 Å². The first-order chi connectivity index (χ1) is 9.50. The molecule has 0 aliphatic rings. The van der Waals surface area contributed by atoms with Gasteiger partial charge in [-0.3, -0.25) is 4.79 Å². The Hall–Kier alpha value is -2.14. The summed E-state index contributed by atoms with van der Waals surface area (Å²) in [4.78, 5) is 14.2. The van der Waals surface area contributed by atoms with Gasteiger partial charge in [-0.2, -0.15) is 0 Å². The number of phenols is 1. The van der Waals surface area contributed by atoms with Crippen molar-refractivity contribution in [3.63, 3.8) is 0 Å². The molecule has 1 amide bonds. The van der Waals surface area contributed by atoms with Gasteiger partial charge >= 0.3 is 0 Å². The summed E-state index contributed by atoms with van der Waals surface area (Å²) in [6.45, 7) is 0.431. The van der Waals surface area contributed by atoms with Gasteiger partial charge < -0.3 is 15.7 Å². The molecule has 104 valence electrons. The fourth-order valence-corrected chi connectivity index (χ4v) is 2.10. The predicted octanol–water partition coefficient (Wildman–Crippen LogP) is 2.29. The van der Waals surface area contributed by atoms with E-state index in [1.807, 2.05) is 24.3 Å². The Morgan fingerprint density at radius 1 is 1.30 bits per heavy atom. The number of rotatable bonds is 4. The SMILES string of the molecule is CN(CCC(N)=S)C(=O)c1ccc2ccccc2c1O. The van der Waals surface area contributed by atoms with Crippen LogP contribution in [-0.2, 0) is 0 Å². The fourth-order valence-electron chi connectivity index (χ4n) is 2.01. The summed E-state index contributed by atoms with van der Waals surface area (Å²) in [6, 6.07) is 10.8. The van der Waals surface area contributed by atoms with Crippen LogP contribution >= 0.6 is 12.2 Å². The van der Waals surface area contributed by atoms with E-state index in [-0.39, 0.29) is 17.2 Å². The van der Waals surface area contributed by atoms with Gasteiger partial charge in [-0.05, 0) is 11.5 Å². The molecule has 0 spiro atoms. The summed E-state index contributed by atoms with van der Waals surface area (Å²) < 4.78 is 0. The van der Waals surface area contributed by atoms with Crippen LogP contribution in [0.2, 0.25) is 0 Å². The number of benzene rings is 2. The molecular formula is C15H16N2O2S. The number of hydrogen-bond acceptors (Lipinski definition) is 3. The first-order valence-electron chi connectivity index (χ1n) is 6.25. The van der Waals surface area contributed by atoms with Gasteiger partial charge in [0.15, 0.2) is 0 Å². The van der Waals surface area contributed by atoms with Gasteiger partial charge in [0.25, 0.3) is 5.91 Å². The molecule has 2 aromatic carbocycles. The van der Waals surface area contributed by atoms with Crippen LogP contribution in [0.15, 0.2) is 36.4 Å². The van der Waals surface area contributed by atoms with Gasteiger partial charge in [-0.25, -0.2) is 0 Å². The average molecular weight is 288 g/mol. The predicted molar refractivity (Wildman–Crippen MR) is 84.0 cm³/mol. The Balaban J connectivity index is 2.30. The molecule has 2 rings (SSSR count). The van der Waals surface area contributed by atoms with Crippen LogP contribution in [0.5, 0.6) is 5.75 Å². The number of carbonyl (C=O) groups excluding carboxylic acids is 1. The summed E-state index contributed by atoms with van der Waals surface area (Å²) in [5, 5.41) is 11.8. The summed E-state index contributed by atoms with van der Waals surface area (Å²) in [5.74, 6) is -0.236. The monoisotopic (exact) mass is 288 g/mol. The maximum Gasteiger partial charge on any atom is 0.257 e. The number of hydrogen-bond donors (Lipinski definition) is 2. The van der Waals surface area contributed by atoms with Crippen LogP contribution in [-0.4, -0.2) is 34.5 Å². The lowest BCUT2D eigenvalue weighted by atomic mass is 10.0. The number of thiocarbonyl (C=S) groups is 1. The van der Waals surface area contributed by atoms with E-state index >= 15 is 0 Å². The highest BCUT2D eigenvalue weighted by Gasteiger charge is 2.17. The van der Waals surface area contributed by atoms with E-state index in [2.05, 4.69) is 0 Å². The third kappa shape index (κ3) is 2.88. The van der Waals surface area contributed by atoms with Gasteiger partial charge in [0.05, 0.1) is 10.6 Å². The zero-order valence-corrected chi connectivity index (χ0v) is 12.0. The molecule has 0 atom stereocenters. The Labute approximate surface area is 122 Å². The molecule has 0 bridgehead atoms. The molecule has 0 aliphatic heterocycles. The number of amides is 1. The van der Waals surface area contributed by atoms with E-state index < -0.39 is 0 Å². The minimum Gasteiger partial charge on any atom is -0.506 e. The van der Waals surface area contributed by atoms with E-state index in [0.717, 1.165) is 5.39 Å². The lowest BCUT2D eigenvalue weighted by molar-refractivity contribution is 0.0796. The Kier molecular flexibility index (Phi) is 4.20.